The van der Waals surface area contributed by atoms with Crippen LogP contribution in [0.2, 0.25) is 0 Å². The van der Waals surface area contributed by atoms with Gasteiger partial charge in [-0.1, -0.05) is 42.0 Å². The molecule has 0 aliphatic heterocycles. The number of phenols is 1. The van der Waals surface area contributed by atoms with Crippen LogP contribution in [0.3, 0.4) is 0 Å². The molecule has 0 aliphatic rings. The van der Waals surface area contributed by atoms with Gasteiger partial charge < -0.3 is 10.4 Å². The molecule has 2 heterocycles. The first-order valence-electron chi connectivity index (χ1n) is 9.40. The minimum atomic E-state index is 0.272. The molecule has 0 saturated heterocycles. The van der Waals surface area contributed by atoms with E-state index in [1.165, 1.54) is 11.9 Å². The smallest absolute Gasteiger partial charge is 0.223 e. The van der Waals surface area contributed by atoms with Gasteiger partial charge in [0.05, 0.1) is 5.69 Å². The van der Waals surface area contributed by atoms with Gasteiger partial charge in [-0.25, -0.2) is 19.9 Å². The molecule has 2 aromatic carbocycles. The van der Waals surface area contributed by atoms with Crippen LogP contribution in [-0.2, 0) is 6.42 Å². The van der Waals surface area contributed by atoms with Gasteiger partial charge in [-0.15, -0.1) is 0 Å². The van der Waals surface area contributed by atoms with Crippen molar-refractivity contribution >= 4 is 5.95 Å². The zero-order valence-electron chi connectivity index (χ0n) is 16.1. The van der Waals surface area contributed by atoms with Crippen molar-refractivity contribution in [2.24, 2.45) is 0 Å². The highest BCUT2D eigenvalue weighted by molar-refractivity contribution is 5.80. The lowest BCUT2D eigenvalue weighted by atomic mass is 10.0. The molecule has 0 atom stereocenters. The molecule has 0 bridgehead atoms. The number of aromatic nitrogens is 4. The van der Waals surface area contributed by atoms with Gasteiger partial charge in [-0.3, -0.25) is 0 Å². The summed E-state index contributed by atoms with van der Waals surface area (Å²) in [6, 6.07) is 15.5. The number of benzene rings is 2. The third-order valence-electron chi connectivity index (χ3n) is 4.62. The number of rotatable bonds is 6. The SMILES string of the molecule is Cc1ccc(-c2nc(NCCc3ccc(O)cc3)ncc2-c2cncnc2)cc1. The van der Waals surface area contributed by atoms with Crippen molar-refractivity contribution in [2.75, 3.05) is 11.9 Å². The molecular weight excluding hydrogens is 362 g/mol. The average Bonchev–Trinajstić information content (AvgIpc) is 2.76. The summed E-state index contributed by atoms with van der Waals surface area (Å²) in [5.41, 5.74) is 5.93. The van der Waals surface area contributed by atoms with Gasteiger partial charge in [-0.05, 0) is 31.0 Å². The molecule has 0 amide bonds. The van der Waals surface area contributed by atoms with Crippen molar-refractivity contribution in [3.63, 3.8) is 0 Å². The molecule has 144 valence electrons. The number of aryl methyl sites for hydroxylation is 1. The quantitative estimate of drug-likeness (QED) is 0.517. The summed E-state index contributed by atoms with van der Waals surface area (Å²) in [5, 5.41) is 12.7. The van der Waals surface area contributed by atoms with E-state index in [4.69, 9.17) is 4.98 Å². The minimum absolute atomic E-state index is 0.272. The minimum Gasteiger partial charge on any atom is -0.508 e. The fraction of sp³-hybridized carbons (Fsp3) is 0.130. The summed E-state index contributed by atoms with van der Waals surface area (Å²) < 4.78 is 0. The molecule has 0 saturated carbocycles. The topological polar surface area (TPSA) is 83.8 Å². The summed E-state index contributed by atoms with van der Waals surface area (Å²) in [6.45, 7) is 2.75. The van der Waals surface area contributed by atoms with Gasteiger partial charge >= 0.3 is 0 Å². The van der Waals surface area contributed by atoms with Crippen LogP contribution in [0.15, 0.2) is 73.4 Å². The van der Waals surface area contributed by atoms with Gasteiger partial charge in [-0.2, -0.15) is 0 Å². The highest BCUT2D eigenvalue weighted by Gasteiger charge is 2.12. The standard InChI is InChI=1S/C23H21N5O/c1-16-2-6-18(7-3-16)22-21(19-12-24-15-25-13-19)14-27-23(28-22)26-11-10-17-4-8-20(29)9-5-17/h2-9,12-15,29H,10-11H2,1H3,(H,26,27,28). The first kappa shape index (κ1) is 18.6. The van der Waals surface area contributed by atoms with E-state index >= 15 is 0 Å². The number of anilines is 1. The second-order valence-electron chi connectivity index (χ2n) is 6.79. The lowest BCUT2D eigenvalue weighted by Gasteiger charge is -2.12. The van der Waals surface area contributed by atoms with Crippen LogP contribution < -0.4 is 5.32 Å². The van der Waals surface area contributed by atoms with E-state index in [-0.39, 0.29) is 5.75 Å². The Kier molecular flexibility index (Phi) is 5.42. The highest BCUT2D eigenvalue weighted by Crippen LogP contribution is 2.30. The van der Waals surface area contributed by atoms with E-state index in [9.17, 15) is 5.11 Å². The number of hydrogen-bond acceptors (Lipinski definition) is 6. The summed E-state index contributed by atoms with van der Waals surface area (Å²) in [4.78, 5) is 17.5. The van der Waals surface area contributed by atoms with Crippen molar-refractivity contribution in [1.29, 1.82) is 0 Å². The maximum absolute atomic E-state index is 9.39. The van der Waals surface area contributed by atoms with Gasteiger partial charge in [0.1, 0.15) is 12.1 Å². The Morgan fingerprint density at radius 1 is 0.862 bits per heavy atom. The van der Waals surface area contributed by atoms with E-state index in [0.717, 1.165) is 34.4 Å². The molecule has 4 aromatic rings. The van der Waals surface area contributed by atoms with E-state index < -0.39 is 0 Å². The Hall–Kier alpha value is -3.80. The van der Waals surface area contributed by atoms with E-state index in [1.54, 1.807) is 24.5 Å². The maximum atomic E-state index is 9.39. The Morgan fingerprint density at radius 3 is 2.31 bits per heavy atom. The van der Waals surface area contributed by atoms with E-state index in [2.05, 4.69) is 51.5 Å². The second-order valence-corrected chi connectivity index (χ2v) is 6.79. The summed E-state index contributed by atoms with van der Waals surface area (Å²) in [6.07, 6.45) is 7.65. The Balaban J connectivity index is 1.59. The number of aromatic hydroxyl groups is 1. The molecule has 4 rings (SSSR count). The molecule has 0 fully saturated rings. The van der Waals surface area contributed by atoms with E-state index in [1.807, 2.05) is 18.3 Å². The van der Waals surface area contributed by atoms with Gasteiger partial charge in [0.15, 0.2) is 0 Å². The summed E-state index contributed by atoms with van der Waals surface area (Å²) in [7, 11) is 0. The highest BCUT2D eigenvalue weighted by atomic mass is 16.3. The van der Waals surface area contributed by atoms with Gasteiger partial charge in [0.25, 0.3) is 0 Å². The first-order valence-corrected chi connectivity index (χ1v) is 9.40. The fourth-order valence-electron chi connectivity index (χ4n) is 3.03. The predicted molar refractivity (Wildman–Crippen MR) is 114 cm³/mol. The lowest BCUT2D eigenvalue weighted by Crippen LogP contribution is -2.09. The molecular formula is C23H21N5O. The van der Waals surface area contributed by atoms with E-state index in [0.29, 0.717) is 12.5 Å². The van der Waals surface area contributed by atoms with Crippen LogP contribution >= 0.6 is 0 Å². The van der Waals surface area contributed by atoms with Gasteiger partial charge in [0, 0.05) is 41.8 Å². The van der Waals surface area contributed by atoms with Crippen LogP contribution in [0, 0.1) is 6.92 Å². The normalized spacial score (nSPS) is 10.7. The monoisotopic (exact) mass is 383 g/mol. The Bertz CT molecular complexity index is 1080. The number of nitrogens with zero attached hydrogens (tertiary/aromatic N) is 4. The van der Waals surface area contributed by atoms with Crippen molar-refractivity contribution < 1.29 is 5.11 Å². The van der Waals surface area contributed by atoms with Crippen LogP contribution in [0.1, 0.15) is 11.1 Å². The average molecular weight is 383 g/mol. The number of nitrogens with one attached hydrogen (secondary N) is 1. The summed E-state index contributed by atoms with van der Waals surface area (Å²) >= 11 is 0. The molecule has 0 aliphatic carbocycles. The van der Waals surface area contributed by atoms with Crippen LogP contribution in [0.25, 0.3) is 22.4 Å². The molecule has 2 aromatic heterocycles. The van der Waals surface area contributed by atoms with Crippen LogP contribution in [0.5, 0.6) is 5.75 Å². The van der Waals surface area contributed by atoms with Crippen molar-refractivity contribution in [2.45, 2.75) is 13.3 Å². The lowest BCUT2D eigenvalue weighted by molar-refractivity contribution is 0.475. The number of phenolic OH excluding ortho intramolecular Hbond substituents is 1. The molecule has 0 spiro atoms. The van der Waals surface area contributed by atoms with Crippen LogP contribution in [-0.4, -0.2) is 31.6 Å². The predicted octanol–water partition coefficient (Wildman–Crippen LogP) is 4.27. The van der Waals surface area contributed by atoms with Crippen LogP contribution in [0.4, 0.5) is 5.95 Å². The van der Waals surface area contributed by atoms with Crippen molar-refractivity contribution in [3.8, 4) is 28.1 Å². The zero-order valence-corrected chi connectivity index (χ0v) is 16.1. The van der Waals surface area contributed by atoms with Gasteiger partial charge in [0.2, 0.25) is 5.95 Å². The molecule has 2 N–H and O–H groups in total. The van der Waals surface area contributed by atoms with Crippen molar-refractivity contribution in [3.05, 3.63) is 84.6 Å². The molecule has 0 unspecified atom stereocenters. The van der Waals surface area contributed by atoms with Crippen molar-refractivity contribution in [1.82, 2.24) is 19.9 Å². The largest absolute Gasteiger partial charge is 0.508 e. The zero-order chi connectivity index (χ0) is 20.1. The number of hydrogen-bond donors (Lipinski definition) is 2. The molecule has 0 radical (unpaired) electrons. The molecule has 6 heteroatoms. The fourth-order valence-corrected chi connectivity index (χ4v) is 3.03. The Morgan fingerprint density at radius 2 is 1.59 bits per heavy atom. The molecule has 29 heavy (non-hydrogen) atoms. The first-order chi connectivity index (χ1) is 14.2. The summed E-state index contributed by atoms with van der Waals surface area (Å²) in [5.74, 6) is 0.841. The third kappa shape index (κ3) is 4.55. The third-order valence-corrected chi connectivity index (χ3v) is 4.62. The second kappa shape index (κ2) is 8.48. The Labute approximate surface area is 169 Å². The molecule has 6 nitrogen and oxygen atoms in total. The maximum Gasteiger partial charge on any atom is 0.223 e.